The van der Waals surface area contributed by atoms with Gasteiger partial charge in [0.25, 0.3) is 0 Å². The van der Waals surface area contributed by atoms with Gasteiger partial charge in [-0.1, -0.05) is 36.5 Å². The molecule has 36 heavy (non-hydrogen) atoms. The maximum atomic E-state index is 13.3. The molecule has 0 amide bonds. The summed E-state index contributed by atoms with van der Waals surface area (Å²) in [4.78, 5) is 1.97. The molecule has 1 heterocycles. The molecule has 1 aromatic carbocycles. The number of thiocarbonyl (C=S) groups is 1. The van der Waals surface area contributed by atoms with Crippen molar-refractivity contribution in [2.75, 3.05) is 30.3 Å². The van der Waals surface area contributed by atoms with Gasteiger partial charge in [-0.25, -0.2) is 16.8 Å². The number of hydrogen-bond acceptors (Lipinski definition) is 7. The van der Waals surface area contributed by atoms with Crippen LogP contribution in [0.4, 0.5) is 18.9 Å². The van der Waals surface area contributed by atoms with Crippen LogP contribution in [0.3, 0.4) is 0 Å². The average Bonchev–Trinajstić information content (AvgIpc) is 2.78. The van der Waals surface area contributed by atoms with E-state index in [0.717, 1.165) is 12.1 Å². The fraction of sp³-hybridized carbons (Fsp3) is 0.522. The van der Waals surface area contributed by atoms with Gasteiger partial charge in [0, 0.05) is 36.6 Å². The first-order valence-electron chi connectivity index (χ1n) is 11.3. The normalized spacial score (nSPS) is 22.0. The maximum Gasteiger partial charge on any atom is 0.421 e. The molecule has 1 aliphatic heterocycles. The molecule has 2 aliphatic rings. The number of nitrogens with zero attached hydrogens (tertiary/aromatic N) is 2. The number of aliphatic hydroxyl groups is 1. The molecule has 1 N–H and O–H groups in total. The highest BCUT2D eigenvalue weighted by atomic mass is 32.2. The first-order chi connectivity index (χ1) is 16.5. The molecule has 200 valence electrons. The Morgan fingerprint density at radius 3 is 2.25 bits per heavy atom. The summed E-state index contributed by atoms with van der Waals surface area (Å²) in [6.07, 6.45) is 0.221. The number of anilines is 1. The van der Waals surface area contributed by atoms with E-state index in [-0.39, 0.29) is 40.7 Å². The molecule has 13 heteroatoms. The highest BCUT2D eigenvalue weighted by Crippen LogP contribution is 2.39. The van der Waals surface area contributed by atoms with Crippen LogP contribution in [-0.4, -0.2) is 74.0 Å². The van der Waals surface area contributed by atoms with E-state index < -0.39 is 42.9 Å². The van der Waals surface area contributed by atoms with Gasteiger partial charge >= 0.3 is 6.18 Å². The Kier molecular flexibility index (Phi) is 8.12. The lowest BCUT2D eigenvalue weighted by Crippen LogP contribution is -2.57. The Balaban J connectivity index is 1.94. The zero-order chi connectivity index (χ0) is 27.1. The molecule has 1 fully saturated rings. The number of benzene rings is 1. The molecule has 0 spiro atoms. The maximum absolute atomic E-state index is 13.3. The Morgan fingerprint density at radius 1 is 1.11 bits per heavy atom. The minimum Gasteiger partial charge on any atom is -0.376 e. The highest BCUT2D eigenvalue weighted by Gasteiger charge is 2.51. The average molecular weight is 567 g/mol. The van der Waals surface area contributed by atoms with Gasteiger partial charge in [0.15, 0.2) is 15.4 Å². The van der Waals surface area contributed by atoms with Crippen molar-refractivity contribution in [3.8, 4) is 0 Å². The van der Waals surface area contributed by atoms with Crippen LogP contribution in [0.5, 0.6) is 0 Å². The van der Waals surface area contributed by atoms with Crippen LogP contribution >= 0.6 is 12.2 Å². The third-order valence-corrected chi connectivity index (χ3v) is 11.2. The van der Waals surface area contributed by atoms with Crippen molar-refractivity contribution in [2.45, 2.75) is 50.3 Å². The summed E-state index contributed by atoms with van der Waals surface area (Å²) in [7, 11) is -7.57. The van der Waals surface area contributed by atoms with Crippen molar-refractivity contribution in [3.05, 3.63) is 53.0 Å². The van der Waals surface area contributed by atoms with Crippen molar-refractivity contribution < 1.29 is 35.1 Å². The molecule has 0 bridgehead atoms. The van der Waals surface area contributed by atoms with Gasteiger partial charge in [0.05, 0.1) is 21.9 Å². The van der Waals surface area contributed by atoms with Crippen LogP contribution in [0.25, 0.3) is 0 Å². The van der Waals surface area contributed by atoms with Crippen LogP contribution in [0.1, 0.15) is 32.8 Å². The van der Waals surface area contributed by atoms with Crippen LogP contribution in [0.15, 0.2) is 47.4 Å². The SMILES string of the molecule is CC(C)S(=O)(=O)C[C@H]1CN(S(=O)(=O)C2=CC=CCC2=S)CCN1c1ccc(C(C)(O)C(F)(F)F)cc1. The number of alkyl halides is 3. The summed E-state index contributed by atoms with van der Waals surface area (Å²) < 4.78 is 93.1. The lowest BCUT2D eigenvalue weighted by atomic mass is 9.95. The number of sulfone groups is 1. The molecule has 1 aliphatic carbocycles. The van der Waals surface area contributed by atoms with E-state index in [1.807, 2.05) is 0 Å². The molecular weight excluding hydrogens is 537 g/mol. The number of hydrogen-bond donors (Lipinski definition) is 1. The van der Waals surface area contributed by atoms with Crippen molar-refractivity contribution in [2.24, 2.45) is 0 Å². The Bertz CT molecular complexity index is 1270. The predicted molar refractivity (Wildman–Crippen MR) is 137 cm³/mol. The van der Waals surface area contributed by atoms with Gasteiger partial charge in [0.1, 0.15) is 0 Å². The quantitative estimate of drug-likeness (QED) is 0.506. The lowest BCUT2D eigenvalue weighted by molar-refractivity contribution is -0.258. The summed E-state index contributed by atoms with van der Waals surface area (Å²) in [5.41, 5.74) is -3.00. The third kappa shape index (κ3) is 5.69. The molecule has 1 saturated heterocycles. The molecule has 1 unspecified atom stereocenters. The van der Waals surface area contributed by atoms with Crippen LogP contribution in [0.2, 0.25) is 0 Å². The molecule has 0 aromatic heterocycles. The van der Waals surface area contributed by atoms with E-state index in [0.29, 0.717) is 19.0 Å². The van der Waals surface area contributed by atoms with Crippen molar-refractivity contribution in [1.82, 2.24) is 4.31 Å². The molecule has 0 radical (unpaired) electrons. The van der Waals surface area contributed by atoms with E-state index in [4.69, 9.17) is 12.2 Å². The molecule has 2 atom stereocenters. The molecule has 3 rings (SSSR count). The standard InChI is InChI=1S/C23H29F3N2O5S3/c1-16(2)35(30,31)15-19-14-27(36(32,33)21-7-5-4-6-20(21)34)12-13-28(19)18-10-8-17(9-11-18)22(3,29)23(24,25)26/h4-5,7-11,16,19,29H,6,12-15H2,1-3H3/t19-,22?/m1/s1. The first-order valence-corrected chi connectivity index (χ1v) is 14.8. The minimum atomic E-state index is -4.88. The molecule has 0 saturated carbocycles. The van der Waals surface area contributed by atoms with E-state index in [1.54, 1.807) is 17.1 Å². The van der Waals surface area contributed by atoms with Gasteiger partial charge in [-0.3, -0.25) is 0 Å². The second-order valence-electron chi connectivity index (χ2n) is 9.29. The zero-order valence-electron chi connectivity index (χ0n) is 20.1. The Morgan fingerprint density at radius 2 is 1.72 bits per heavy atom. The van der Waals surface area contributed by atoms with E-state index in [2.05, 4.69) is 0 Å². The van der Waals surface area contributed by atoms with E-state index >= 15 is 0 Å². The summed E-state index contributed by atoms with van der Waals surface area (Å²) in [6, 6.07) is 4.23. The first kappa shape index (κ1) is 28.8. The van der Waals surface area contributed by atoms with Gasteiger partial charge in [0.2, 0.25) is 10.0 Å². The van der Waals surface area contributed by atoms with Crippen LogP contribution in [-0.2, 0) is 25.5 Å². The minimum absolute atomic E-state index is 0.0117. The topological polar surface area (TPSA) is 95.0 Å². The summed E-state index contributed by atoms with van der Waals surface area (Å²) in [6.45, 7) is 3.73. The predicted octanol–water partition coefficient (Wildman–Crippen LogP) is 3.31. The van der Waals surface area contributed by atoms with Crippen LogP contribution in [0, 0.1) is 0 Å². The monoisotopic (exact) mass is 566 g/mol. The number of rotatable bonds is 7. The van der Waals surface area contributed by atoms with E-state index in [9.17, 15) is 35.1 Å². The number of halogens is 3. The second kappa shape index (κ2) is 10.2. The van der Waals surface area contributed by atoms with Gasteiger partial charge in [-0.05, 0) is 44.5 Å². The van der Waals surface area contributed by atoms with Crippen LogP contribution < -0.4 is 4.90 Å². The zero-order valence-corrected chi connectivity index (χ0v) is 22.5. The van der Waals surface area contributed by atoms with Gasteiger partial charge in [-0.2, -0.15) is 17.5 Å². The largest absolute Gasteiger partial charge is 0.421 e. The van der Waals surface area contributed by atoms with E-state index in [1.165, 1.54) is 36.4 Å². The Hall–Kier alpha value is -1.80. The molecule has 7 nitrogen and oxygen atoms in total. The van der Waals surface area contributed by atoms with Gasteiger partial charge in [-0.15, -0.1) is 0 Å². The molecular formula is C23H29F3N2O5S3. The lowest BCUT2D eigenvalue weighted by Gasteiger charge is -2.42. The van der Waals surface area contributed by atoms with Crippen molar-refractivity contribution in [1.29, 1.82) is 0 Å². The van der Waals surface area contributed by atoms with Crippen molar-refractivity contribution in [3.63, 3.8) is 0 Å². The second-order valence-corrected chi connectivity index (χ2v) is 14.3. The summed E-state index contributed by atoms with van der Waals surface area (Å²) in [5, 5.41) is 9.25. The summed E-state index contributed by atoms with van der Waals surface area (Å²) >= 11 is 5.23. The number of allylic oxidation sites excluding steroid dienone is 4. The fourth-order valence-electron chi connectivity index (χ4n) is 4.02. The fourth-order valence-corrected chi connectivity index (χ4v) is 7.30. The molecule has 1 aromatic rings. The Labute approximate surface area is 215 Å². The number of piperazine rings is 1. The smallest absolute Gasteiger partial charge is 0.376 e. The number of sulfonamides is 1. The summed E-state index contributed by atoms with van der Waals surface area (Å²) in [5.74, 6) is -0.345. The van der Waals surface area contributed by atoms with Gasteiger partial charge < -0.3 is 10.0 Å². The van der Waals surface area contributed by atoms with Crippen molar-refractivity contribution >= 4 is 42.6 Å². The third-order valence-electron chi connectivity index (χ3n) is 6.48. The highest BCUT2D eigenvalue weighted by molar-refractivity contribution is 7.96.